The number of hydrogen-bond acceptors (Lipinski definition) is 4. The fraction of sp³-hybridized carbons (Fsp3) is 0.929. The van der Waals surface area contributed by atoms with Crippen LogP contribution in [0.25, 0.3) is 0 Å². The molecular formula is C14H27NO3S. The molecule has 2 N–H and O–H groups in total. The lowest BCUT2D eigenvalue weighted by Crippen LogP contribution is -2.41. The molecule has 0 bridgehead atoms. The number of nitrogens with two attached hydrogens (primary N) is 1. The van der Waals surface area contributed by atoms with Crippen molar-refractivity contribution in [2.24, 2.45) is 17.1 Å². The van der Waals surface area contributed by atoms with Crippen LogP contribution in [0, 0.1) is 11.3 Å². The van der Waals surface area contributed by atoms with Crippen LogP contribution in [0.5, 0.6) is 0 Å². The highest BCUT2D eigenvalue weighted by atomic mass is 32.2. The molecule has 0 amide bonds. The Balaban J connectivity index is 2.51. The van der Waals surface area contributed by atoms with E-state index < -0.39 is 9.84 Å². The van der Waals surface area contributed by atoms with Gasteiger partial charge in [-0.25, -0.2) is 8.42 Å². The molecule has 4 nitrogen and oxygen atoms in total. The van der Waals surface area contributed by atoms with Gasteiger partial charge in [-0.2, -0.15) is 0 Å². The van der Waals surface area contributed by atoms with E-state index in [9.17, 15) is 13.2 Å². The molecule has 5 heteroatoms. The number of carbonyl (C=O) groups is 1. The zero-order valence-corrected chi connectivity index (χ0v) is 13.0. The second-order valence-electron chi connectivity index (χ2n) is 5.93. The van der Waals surface area contributed by atoms with Crippen LogP contribution in [-0.4, -0.2) is 32.3 Å². The van der Waals surface area contributed by atoms with Crippen molar-refractivity contribution < 1.29 is 13.2 Å². The molecule has 1 aliphatic carbocycles. The van der Waals surface area contributed by atoms with Crippen LogP contribution in [0.4, 0.5) is 0 Å². The van der Waals surface area contributed by atoms with Crippen molar-refractivity contribution in [2.45, 2.75) is 52.4 Å². The minimum Gasteiger partial charge on any atom is -0.329 e. The van der Waals surface area contributed by atoms with Gasteiger partial charge >= 0.3 is 0 Å². The molecule has 0 spiro atoms. The lowest BCUT2D eigenvalue weighted by atomic mass is 9.67. The van der Waals surface area contributed by atoms with Gasteiger partial charge in [-0.05, 0) is 38.0 Å². The maximum atomic E-state index is 12.4. The van der Waals surface area contributed by atoms with Crippen molar-refractivity contribution in [1.29, 1.82) is 0 Å². The topological polar surface area (TPSA) is 77.2 Å². The number of hydrogen-bond donors (Lipinski definition) is 1. The summed E-state index contributed by atoms with van der Waals surface area (Å²) in [5.41, 5.74) is 5.46. The molecule has 0 aromatic rings. The van der Waals surface area contributed by atoms with Crippen molar-refractivity contribution in [3.63, 3.8) is 0 Å². The van der Waals surface area contributed by atoms with Gasteiger partial charge in [0.1, 0.15) is 15.6 Å². The molecule has 0 aromatic heterocycles. The monoisotopic (exact) mass is 289 g/mol. The molecule has 112 valence electrons. The number of rotatable bonds is 7. The maximum Gasteiger partial charge on any atom is 0.150 e. The molecule has 1 rings (SSSR count). The first-order chi connectivity index (χ1) is 8.85. The highest BCUT2D eigenvalue weighted by Crippen LogP contribution is 2.39. The standard InChI is InChI=1S/C14H27NO3S/c1-3-19(17,18)10-4-5-13(16)14(11-15)8-6-12(2)7-9-14/h12H,3-11,15H2,1-2H3. The Labute approximate surface area is 117 Å². The van der Waals surface area contributed by atoms with E-state index in [4.69, 9.17) is 5.73 Å². The summed E-state index contributed by atoms with van der Waals surface area (Å²) >= 11 is 0. The van der Waals surface area contributed by atoms with E-state index in [1.165, 1.54) is 0 Å². The summed E-state index contributed by atoms with van der Waals surface area (Å²) < 4.78 is 22.8. The molecule has 0 radical (unpaired) electrons. The highest BCUT2D eigenvalue weighted by Gasteiger charge is 2.38. The van der Waals surface area contributed by atoms with Gasteiger partial charge in [0.05, 0.1) is 5.75 Å². The third-order valence-corrected chi connectivity index (χ3v) is 6.30. The second-order valence-corrected chi connectivity index (χ2v) is 8.40. The van der Waals surface area contributed by atoms with Gasteiger partial charge in [-0.15, -0.1) is 0 Å². The quantitative estimate of drug-likeness (QED) is 0.777. The summed E-state index contributed by atoms with van der Waals surface area (Å²) in [5.74, 6) is 1.12. The minimum absolute atomic E-state index is 0.117. The lowest BCUT2D eigenvalue weighted by molar-refractivity contribution is -0.130. The fourth-order valence-corrected chi connectivity index (χ4v) is 3.65. The van der Waals surface area contributed by atoms with Crippen LogP contribution < -0.4 is 5.73 Å². The van der Waals surface area contributed by atoms with Crippen molar-refractivity contribution in [3.05, 3.63) is 0 Å². The summed E-state index contributed by atoms with van der Waals surface area (Å²) in [6, 6.07) is 0. The van der Waals surface area contributed by atoms with E-state index >= 15 is 0 Å². The van der Waals surface area contributed by atoms with E-state index in [0.29, 0.717) is 25.3 Å². The smallest absolute Gasteiger partial charge is 0.150 e. The average molecular weight is 289 g/mol. The number of Topliss-reactive ketones (excluding diaryl/α,β-unsaturated/α-hetero) is 1. The van der Waals surface area contributed by atoms with Gasteiger partial charge in [-0.1, -0.05) is 13.8 Å². The number of carbonyl (C=O) groups excluding carboxylic acids is 1. The third-order valence-electron chi connectivity index (χ3n) is 4.51. The van der Waals surface area contributed by atoms with Crippen LogP contribution >= 0.6 is 0 Å². The van der Waals surface area contributed by atoms with Crippen molar-refractivity contribution in [2.75, 3.05) is 18.1 Å². The SMILES string of the molecule is CCS(=O)(=O)CCCC(=O)C1(CN)CCC(C)CC1. The molecule has 1 fully saturated rings. The Morgan fingerprint density at radius 1 is 1.32 bits per heavy atom. The Kier molecular flexibility index (Phi) is 5.99. The lowest BCUT2D eigenvalue weighted by Gasteiger charge is -2.37. The molecule has 0 unspecified atom stereocenters. The average Bonchev–Trinajstić information content (AvgIpc) is 2.39. The van der Waals surface area contributed by atoms with Crippen molar-refractivity contribution in [3.8, 4) is 0 Å². The van der Waals surface area contributed by atoms with E-state index in [0.717, 1.165) is 25.7 Å². The first-order valence-corrected chi connectivity index (χ1v) is 9.11. The zero-order valence-electron chi connectivity index (χ0n) is 12.2. The molecular weight excluding hydrogens is 262 g/mol. The zero-order chi connectivity index (χ0) is 14.5. The molecule has 1 aliphatic rings. The molecule has 19 heavy (non-hydrogen) atoms. The second kappa shape index (κ2) is 6.84. The molecule has 0 heterocycles. The van der Waals surface area contributed by atoms with Gasteiger partial charge in [0.2, 0.25) is 0 Å². The third kappa shape index (κ3) is 4.56. The first-order valence-electron chi connectivity index (χ1n) is 7.29. The van der Waals surface area contributed by atoms with Gasteiger partial charge in [0, 0.05) is 24.1 Å². The number of sulfone groups is 1. The van der Waals surface area contributed by atoms with Crippen LogP contribution in [0.1, 0.15) is 52.4 Å². The maximum absolute atomic E-state index is 12.4. The van der Waals surface area contributed by atoms with Crippen LogP contribution in [0.3, 0.4) is 0 Å². The van der Waals surface area contributed by atoms with E-state index in [1.54, 1.807) is 6.92 Å². The predicted octanol–water partition coefficient (Wildman–Crippen LogP) is 1.93. The fourth-order valence-electron chi connectivity index (χ4n) is 2.77. The normalized spacial score (nSPS) is 28.3. The Hall–Kier alpha value is -0.420. The Morgan fingerprint density at radius 3 is 2.37 bits per heavy atom. The van der Waals surface area contributed by atoms with Crippen molar-refractivity contribution >= 4 is 15.6 Å². The molecule has 0 atom stereocenters. The van der Waals surface area contributed by atoms with Gasteiger partial charge < -0.3 is 5.73 Å². The van der Waals surface area contributed by atoms with E-state index in [2.05, 4.69) is 6.92 Å². The van der Waals surface area contributed by atoms with Gasteiger partial charge in [0.25, 0.3) is 0 Å². The summed E-state index contributed by atoms with van der Waals surface area (Å²) in [5, 5.41) is 0. The summed E-state index contributed by atoms with van der Waals surface area (Å²) in [7, 11) is -2.96. The molecule has 0 saturated heterocycles. The Bertz CT molecular complexity index is 395. The van der Waals surface area contributed by atoms with Gasteiger partial charge in [0.15, 0.2) is 0 Å². The van der Waals surface area contributed by atoms with E-state index in [-0.39, 0.29) is 22.7 Å². The highest BCUT2D eigenvalue weighted by molar-refractivity contribution is 7.91. The number of ketones is 1. The van der Waals surface area contributed by atoms with Crippen molar-refractivity contribution in [1.82, 2.24) is 0 Å². The predicted molar refractivity (Wildman–Crippen MR) is 77.7 cm³/mol. The molecule has 0 aliphatic heterocycles. The van der Waals surface area contributed by atoms with Crippen LogP contribution in [0.2, 0.25) is 0 Å². The van der Waals surface area contributed by atoms with Crippen LogP contribution in [0.15, 0.2) is 0 Å². The first kappa shape index (κ1) is 16.6. The Morgan fingerprint density at radius 2 is 1.89 bits per heavy atom. The summed E-state index contributed by atoms with van der Waals surface area (Å²) in [4.78, 5) is 12.4. The summed E-state index contributed by atoms with van der Waals surface area (Å²) in [6.45, 7) is 4.25. The summed E-state index contributed by atoms with van der Waals surface area (Å²) in [6.07, 6.45) is 4.62. The largest absolute Gasteiger partial charge is 0.329 e. The minimum atomic E-state index is -2.96. The molecule has 1 saturated carbocycles. The molecule has 0 aromatic carbocycles. The van der Waals surface area contributed by atoms with Crippen LogP contribution in [-0.2, 0) is 14.6 Å². The van der Waals surface area contributed by atoms with Gasteiger partial charge in [-0.3, -0.25) is 4.79 Å². The van der Waals surface area contributed by atoms with E-state index in [1.807, 2.05) is 0 Å².